The standard InChI is InChI=1S/C13H19N3O2/c1-2-10-3-5-13(6-4-10,12(17)18)16-11-9-14-7-8-15-11/h7-10H,2-6H2,1H3,(H,15,16)(H,17,18). The highest BCUT2D eigenvalue weighted by molar-refractivity contribution is 5.82. The average molecular weight is 249 g/mol. The third kappa shape index (κ3) is 2.60. The number of carboxylic acids is 1. The molecule has 0 aromatic carbocycles. The molecule has 0 bridgehead atoms. The number of nitrogens with one attached hydrogen (secondary N) is 1. The molecule has 0 radical (unpaired) electrons. The van der Waals surface area contributed by atoms with Crippen LogP contribution in [0.4, 0.5) is 5.82 Å². The Morgan fingerprint density at radius 3 is 2.72 bits per heavy atom. The van der Waals surface area contributed by atoms with E-state index in [1.807, 2.05) is 0 Å². The molecular formula is C13H19N3O2. The van der Waals surface area contributed by atoms with Gasteiger partial charge in [0.1, 0.15) is 11.4 Å². The third-order valence-corrected chi connectivity index (χ3v) is 3.88. The van der Waals surface area contributed by atoms with Crippen LogP contribution in [0, 0.1) is 5.92 Å². The number of aromatic nitrogens is 2. The second-order valence-corrected chi connectivity index (χ2v) is 4.95. The van der Waals surface area contributed by atoms with E-state index in [1.165, 1.54) is 0 Å². The van der Waals surface area contributed by atoms with E-state index in [-0.39, 0.29) is 0 Å². The van der Waals surface area contributed by atoms with Gasteiger partial charge in [0.15, 0.2) is 0 Å². The van der Waals surface area contributed by atoms with Crippen molar-refractivity contribution in [3.8, 4) is 0 Å². The second-order valence-electron chi connectivity index (χ2n) is 4.95. The minimum absolute atomic E-state index is 0.537. The first-order chi connectivity index (χ1) is 8.66. The smallest absolute Gasteiger partial charge is 0.329 e. The summed E-state index contributed by atoms with van der Waals surface area (Å²) in [6, 6.07) is 0. The Labute approximate surface area is 107 Å². The molecule has 98 valence electrons. The first-order valence-electron chi connectivity index (χ1n) is 6.44. The fraction of sp³-hybridized carbons (Fsp3) is 0.615. The normalized spacial score (nSPS) is 27.7. The van der Waals surface area contributed by atoms with Gasteiger partial charge in [-0.1, -0.05) is 13.3 Å². The van der Waals surface area contributed by atoms with Crippen LogP contribution in [0.1, 0.15) is 39.0 Å². The van der Waals surface area contributed by atoms with E-state index in [9.17, 15) is 9.90 Å². The van der Waals surface area contributed by atoms with Crippen molar-refractivity contribution < 1.29 is 9.90 Å². The Morgan fingerprint density at radius 2 is 2.22 bits per heavy atom. The Bertz CT molecular complexity index is 400. The van der Waals surface area contributed by atoms with Gasteiger partial charge >= 0.3 is 5.97 Å². The number of aliphatic carboxylic acids is 1. The van der Waals surface area contributed by atoms with E-state index < -0.39 is 11.5 Å². The van der Waals surface area contributed by atoms with Gasteiger partial charge in [0.05, 0.1) is 6.20 Å². The molecule has 0 amide bonds. The molecule has 1 heterocycles. The summed E-state index contributed by atoms with van der Waals surface area (Å²) in [4.78, 5) is 19.6. The Balaban J connectivity index is 2.12. The molecule has 1 fully saturated rings. The number of anilines is 1. The largest absolute Gasteiger partial charge is 0.480 e. The summed E-state index contributed by atoms with van der Waals surface area (Å²) in [5.41, 5.74) is -0.873. The van der Waals surface area contributed by atoms with Crippen molar-refractivity contribution in [3.63, 3.8) is 0 Å². The number of hydrogen-bond acceptors (Lipinski definition) is 4. The summed E-state index contributed by atoms with van der Waals surface area (Å²) in [5.74, 6) is 0.402. The Hall–Kier alpha value is -1.65. The van der Waals surface area contributed by atoms with E-state index in [0.717, 1.165) is 19.3 Å². The molecule has 1 aliphatic rings. The molecule has 1 aliphatic carbocycles. The minimum atomic E-state index is -0.873. The van der Waals surface area contributed by atoms with Gasteiger partial charge in [0, 0.05) is 12.4 Å². The fourth-order valence-electron chi connectivity index (χ4n) is 2.58. The summed E-state index contributed by atoms with van der Waals surface area (Å²) < 4.78 is 0. The molecule has 0 saturated heterocycles. The predicted molar refractivity (Wildman–Crippen MR) is 68.3 cm³/mol. The van der Waals surface area contributed by atoms with Crippen LogP contribution in [-0.4, -0.2) is 26.6 Å². The number of carbonyl (C=O) groups is 1. The molecule has 0 spiro atoms. The van der Waals surface area contributed by atoms with Crippen molar-refractivity contribution in [2.24, 2.45) is 5.92 Å². The van der Waals surface area contributed by atoms with E-state index in [4.69, 9.17) is 0 Å². The molecule has 0 unspecified atom stereocenters. The van der Waals surface area contributed by atoms with Crippen LogP contribution < -0.4 is 5.32 Å². The zero-order valence-corrected chi connectivity index (χ0v) is 10.6. The third-order valence-electron chi connectivity index (χ3n) is 3.88. The van der Waals surface area contributed by atoms with Crippen LogP contribution in [-0.2, 0) is 4.79 Å². The van der Waals surface area contributed by atoms with Crippen LogP contribution in [0.15, 0.2) is 18.6 Å². The zero-order chi connectivity index (χ0) is 13.0. The SMILES string of the molecule is CCC1CCC(Nc2cnccn2)(C(=O)O)CC1. The summed E-state index contributed by atoms with van der Waals surface area (Å²) in [6.45, 7) is 2.16. The van der Waals surface area contributed by atoms with Crippen molar-refractivity contribution in [2.75, 3.05) is 5.32 Å². The van der Waals surface area contributed by atoms with Gasteiger partial charge in [0.25, 0.3) is 0 Å². The van der Waals surface area contributed by atoms with E-state index in [2.05, 4.69) is 22.2 Å². The maximum Gasteiger partial charge on any atom is 0.329 e. The topological polar surface area (TPSA) is 75.1 Å². The molecule has 2 rings (SSSR count). The van der Waals surface area contributed by atoms with Gasteiger partial charge in [-0.15, -0.1) is 0 Å². The maximum absolute atomic E-state index is 11.6. The van der Waals surface area contributed by atoms with Crippen molar-refractivity contribution >= 4 is 11.8 Å². The van der Waals surface area contributed by atoms with E-state index >= 15 is 0 Å². The van der Waals surface area contributed by atoms with Crippen LogP contribution in [0.5, 0.6) is 0 Å². The van der Waals surface area contributed by atoms with Gasteiger partial charge < -0.3 is 10.4 Å². The quantitative estimate of drug-likeness (QED) is 0.856. The van der Waals surface area contributed by atoms with Gasteiger partial charge in [-0.25, -0.2) is 9.78 Å². The van der Waals surface area contributed by atoms with Crippen LogP contribution in [0.3, 0.4) is 0 Å². The minimum Gasteiger partial charge on any atom is -0.480 e. The van der Waals surface area contributed by atoms with Gasteiger partial charge in [-0.2, -0.15) is 0 Å². The molecule has 2 N–H and O–H groups in total. The maximum atomic E-state index is 11.6. The second kappa shape index (κ2) is 5.33. The van der Waals surface area contributed by atoms with Gasteiger partial charge in [-0.05, 0) is 31.6 Å². The van der Waals surface area contributed by atoms with Crippen molar-refractivity contribution in [1.29, 1.82) is 0 Å². The van der Waals surface area contributed by atoms with Crippen molar-refractivity contribution in [1.82, 2.24) is 9.97 Å². The Kier molecular flexibility index (Phi) is 3.79. The number of rotatable bonds is 4. The molecule has 1 aromatic heterocycles. The molecule has 0 aliphatic heterocycles. The highest BCUT2D eigenvalue weighted by Gasteiger charge is 2.41. The summed E-state index contributed by atoms with van der Waals surface area (Å²) in [6.07, 6.45) is 9.04. The first-order valence-corrected chi connectivity index (χ1v) is 6.44. The van der Waals surface area contributed by atoms with Crippen molar-refractivity contribution in [2.45, 2.75) is 44.6 Å². The zero-order valence-electron chi connectivity index (χ0n) is 10.6. The number of hydrogen-bond donors (Lipinski definition) is 2. The lowest BCUT2D eigenvalue weighted by Gasteiger charge is -2.37. The molecular weight excluding hydrogens is 230 g/mol. The van der Waals surface area contributed by atoms with E-state index in [0.29, 0.717) is 24.6 Å². The summed E-state index contributed by atoms with van der Waals surface area (Å²) in [7, 11) is 0. The molecule has 18 heavy (non-hydrogen) atoms. The molecule has 5 nitrogen and oxygen atoms in total. The fourth-order valence-corrected chi connectivity index (χ4v) is 2.58. The summed E-state index contributed by atoms with van der Waals surface area (Å²) >= 11 is 0. The molecule has 1 aromatic rings. The Morgan fingerprint density at radius 1 is 1.50 bits per heavy atom. The lowest BCUT2D eigenvalue weighted by atomic mass is 9.75. The number of carboxylic acid groups (broad SMARTS) is 1. The summed E-state index contributed by atoms with van der Waals surface area (Å²) in [5, 5.41) is 12.6. The van der Waals surface area contributed by atoms with Crippen molar-refractivity contribution in [3.05, 3.63) is 18.6 Å². The molecule has 1 saturated carbocycles. The van der Waals surface area contributed by atoms with Gasteiger partial charge in [-0.3, -0.25) is 4.98 Å². The number of nitrogens with zero attached hydrogens (tertiary/aromatic N) is 2. The predicted octanol–water partition coefficient (Wildman–Crippen LogP) is 2.31. The molecule has 5 heteroatoms. The molecule has 0 atom stereocenters. The monoisotopic (exact) mass is 249 g/mol. The van der Waals surface area contributed by atoms with Crippen LogP contribution in [0.2, 0.25) is 0 Å². The van der Waals surface area contributed by atoms with Crippen LogP contribution >= 0.6 is 0 Å². The lowest BCUT2D eigenvalue weighted by Crippen LogP contribution is -2.49. The highest BCUT2D eigenvalue weighted by Crippen LogP contribution is 2.35. The highest BCUT2D eigenvalue weighted by atomic mass is 16.4. The lowest BCUT2D eigenvalue weighted by molar-refractivity contribution is -0.143. The van der Waals surface area contributed by atoms with Crippen LogP contribution in [0.25, 0.3) is 0 Å². The average Bonchev–Trinajstić information content (AvgIpc) is 2.40. The first kappa shape index (κ1) is 12.8. The van der Waals surface area contributed by atoms with E-state index in [1.54, 1.807) is 18.6 Å². The van der Waals surface area contributed by atoms with Gasteiger partial charge in [0.2, 0.25) is 0 Å².